The lowest BCUT2D eigenvalue weighted by atomic mass is 9.92. The molecule has 1 amide bonds. The van der Waals surface area contributed by atoms with Crippen LogP contribution in [0.15, 0.2) is 22.3 Å². The summed E-state index contributed by atoms with van der Waals surface area (Å²) in [5.41, 5.74) is 1.12. The van der Waals surface area contributed by atoms with E-state index in [4.69, 9.17) is 0 Å². The summed E-state index contributed by atoms with van der Waals surface area (Å²) in [6.45, 7) is 9.23. The lowest BCUT2D eigenvalue weighted by Gasteiger charge is -2.25. The molecule has 3 heterocycles. The zero-order valence-electron chi connectivity index (χ0n) is 15.2. The van der Waals surface area contributed by atoms with E-state index < -0.39 is 0 Å². The van der Waals surface area contributed by atoms with E-state index in [1.54, 1.807) is 17.5 Å². The minimum atomic E-state index is -0.128. The van der Waals surface area contributed by atoms with E-state index >= 15 is 0 Å². The zero-order valence-corrected chi connectivity index (χ0v) is 16.0. The second kappa shape index (κ2) is 6.71. The van der Waals surface area contributed by atoms with Crippen molar-refractivity contribution in [3.63, 3.8) is 0 Å². The van der Waals surface area contributed by atoms with Crippen molar-refractivity contribution < 1.29 is 4.79 Å². The molecule has 1 aliphatic heterocycles. The smallest absolute Gasteiger partial charge is 0.273 e. The van der Waals surface area contributed by atoms with E-state index in [9.17, 15) is 9.59 Å². The summed E-state index contributed by atoms with van der Waals surface area (Å²) in [7, 11) is 0. The topological polar surface area (TPSA) is 68.1 Å². The molecule has 0 radical (unpaired) electrons. The third-order valence-electron chi connectivity index (χ3n) is 4.49. The van der Waals surface area contributed by atoms with Crippen molar-refractivity contribution in [1.29, 1.82) is 0 Å². The molecule has 0 saturated carbocycles. The van der Waals surface area contributed by atoms with Crippen molar-refractivity contribution in [2.24, 2.45) is 0 Å². The van der Waals surface area contributed by atoms with Gasteiger partial charge in [-0.05, 0) is 25.8 Å². The van der Waals surface area contributed by atoms with Crippen LogP contribution in [0.25, 0.3) is 0 Å². The molecule has 25 heavy (non-hydrogen) atoms. The van der Waals surface area contributed by atoms with Crippen LogP contribution in [0.4, 0.5) is 0 Å². The number of aromatic nitrogens is 3. The number of thiazole rings is 1. The number of amides is 1. The van der Waals surface area contributed by atoms with Gasteiger partial charge in [0.2, 0.25) is 0 Å². The van der Waals surface area contributed by atoms with Gasteiger partial charge in [0.15, 0.2) is 0 Å². The number of hydrogen-bond donors (Lipinski definition) is 0. The van der Waals surface area contributed by atoms with Gasteiger partial charge in [-0.3, -0.25) is 9.59 Å². The Morgan fingerprint density at radius 2 is 2.12 bits per heavy atom. The Kier molecular flexibility index (Phi) is 4.77. The highest BCUT2D eigenvalue weighted by molar-refractivity contribution is 7.09. The summed E-state index contributed by atoms with van der Waals surface area (Å²) in [6, 6.07) is 3.34. The summed E-state index contributed by atoms with van der Waals surface area (Å²) < 4.78 is 1.50. The Labute approximate surface area is 151 Å². The molecule has 134 valence electrons. The molecule has 0 N–H and O–H groups in total. The van der Waals surface area contributed by atoms with Crippen molar-refractivity contribution in [2.75, 3.05) is 6.54 Å². The number of likely N-dealkylation sites (tertiary alicyclic amines) is 1. The molecule has 2 aromatic heterocycles. The normalized spacial score (nSPS) is 17.9. The van der Waals surface area contributed by atoms with Crippen LogP contribution in [0.5, 0.6) is 0 Å². The fraction of sp³-hybridized carbons (Fsp3) is 0.556. The lowest BCUT2D eigenvalue weighted by Crippen LogP contribution is -2.41. The van der Waals surface area contributed by atoms with Crippen LogP contribution in [-0.4, -0.2) is 38.2 Å². The van der Waals surface area contributed by atoms with Gasteiger partial charge in [-0.1, -0.05) is 20.8 Å². The van der Waals surface area contributed by atoms with Crippen LogP contribution < -0.4 is 5.56 Å². The molecule has 2 aromatic rings. The van der Waals surface area contributed by atoms with Gasteiger partial charge in [-0.25, -0.2) is 9.67 Å². The van der Waals surface area contributed by atoms with Gasteiger partial charge in [-0.15, -0.1) is 11.3 Å². The monoisotopic (exact) mass is 360 g/mol. The van der Waals surface area contributed by atoms with Crippen LogP contribution in [-0.2, 0) is 12.0 Å². The summed E-state index contributed by atoms with van der Waals surface area (Å²) in [6.07, 6.45) is 1.82. The number of carbonyl (C=O) groups is 1. The van der Waals surface area contributed by atoms with Gasteiger partial charge in [-0.2, -0.15) is 5.10 Å². The Morgan fingerprint density at radius 1 is 1.36 bits per heavy atom. The van der Waals surface area contributed by atoms with Crippen LogP contribution in [0.3, 0.4) is 0 Å². The van der Waals surface area contributed by atoms with Crippen molar-refractivity contribution in [3.8, 4) is 0 Å². The average molecular weight is 360 g/mol. The first-order valence-electron chi connectivity index (χ1n) is 8.57. The highest BCUT2D eigenvalue weighted by atomic mass is 32.1. The number of nitrogens with zero attached hydrogens (tertiary/aromatic N) is 4. The highest BCUT2D eigenvalue weighted by Gasteiger charge is 2.31. The maximum Gasteiger partial charge on any atom is 0.273 e. The molecule has 0 aliphatic carbocycles. The lowest BCUT2D eigenvalue weighted by molar-refractivity contribution is 0.0714. The molecule has 1 aliphatic rings. The first kappa shape index (κ1) is 17.8. The third-order valence-corrected chi connectivity index (χ3v) is 5.27. The molecule has 1 fully saturated rings. The molecule has 1 saturated heterocycles. The molecule has 1 unspecified atom stereocenters. The standard InChI is InChI=1S/C18H24N4O2S/c1-12-19-14(11-25-12)17(24)21-9-5-6-13(21)10-22-16(23)8-7-15(20-22)18(2,3)4/h7-8,11,13H,5-6,9-10H2,1-4H3. The number of hydrogen-bond acceptors (Lipinski definition) is 5. The summed E-state index contributed by atoms with van der Waals surface area (Å²) in [4.78, 5) is 31.1. The van der Waals surface area contributed by atoms with Crippen molar-refractivity contribution >= 4 is 17.2 Å². The maximum atomic E-state index is 12.7. The average Bonchev–Trinajstić information content (AvgIpc) is 3.16. The molecule has 0 aromatic carbocycles. The summed E-state index contributed by atoms with van der Waals surface area (Å²) in [5.74, 6) is -0.0492. The largest absolute Gasteiger partial charge is 0.332 e. The Balaban J connectivity index is 1.82. The molecule has 0 spiro atoms. The van der Waals surface area contributed by atoms with Crippen LogP contribution in [0, 0.1) is 6.92 Å². The fourth-order valence-electron chi connectivity index (χ4n) is 3.08. The van der Waals surface area contributed by atoms with Gasteiger partial charge >= 0.3 is 0 Å². The van der Waals surface area contributed by atoms with Crippen molar-refractivity contribution in [2.45, 2.75) is 58.5 Å². The van der Waals surface area contributed by atoms with Gasteiger partial charge < -0.3 is 4.90 Å². The second-order valence-corrected chi connectivity index (χ2v) is 8.60. The highest BCUT2D eigenvalue weighted by Crippen LogP contribution is 2.23. The number of rotatable bonds is 3. The fourth-order valence-corrected chi connectivity index (χ4v) is 3.67. The molecular formula is C18H24N4O2S. The van der Waals surface area contributed by atoms with Crippen LogP contribution >= 0.6 is 11.3 Å². The summed E-state index contributed by atoms with van der Waals surface area (Å²) >= 11 is 1.48. The van der Waals surface area contributed by atoms with Gasteiger partial charge in [0.05, 0.1) is 23.3 Å². The predicted molar refractivity (Wildman–Crippen MR) is 98.1 cm³/mol. The van der Waals surface area contributed by atoms with E-state index in [0.717, 1.165) is 23.5 Å². The van der Waals surface area contributed by atoms with E-state index in [2.05, 4.69) is 30.9 Å². The number of aryl methyl sites for hydroxylation is 1. The molecular weight excluding hydrogens is 336 g/mol. The van der Waals surface area contributed by atoms with Crippen LogP contribution in [0.2, 0.25) is 0 Å². The third kappa shape index (κ3) is 3.81. The molecule has 7 heteroatoms. The zero-order chi connectivity index (χ0) is 18.2. The summed E-state index contributed by atoms with van der Waals surface area (Å²) in [5, 5.41) is 7.22. The quantitative estimate of drug-likeness (QED) is 0.844. The van der Waals surface area contributed by atoms with Crippen molar-refractivity contribution in [1.82, 2.24) is 19.7 Å². The second-order valence-electron chi connectivity index (χ2n) is 7.54. The molecule has 0 bridgehead atoms. The first-order chi connectivity index (χ1) is 11.8. The van der Waals surface area contributed by atoms with E-state index in [-0.39, 0.29) is 22.9 Å². The Morgan fingerprint density at radius 3 is 2.76 bits per heavy atom. The molecule has 3 rings (SSSR count). The minimum Gasteiger partial charge on any atom is -0.332 e. The Bertz CT molecular complexity index is 834. The first-order valence-corrected chi connectivity index (χ1v) is 9.45. The van der Waals surface area contributed by atoms with E-state index in [1.807, 2.05) is 11.8 Å². The van der Waals surface area contributed by atoms with Gasteiger partial charge in [0, 0.05) is 23.4 Å². The minimum absolute atomic E-state index is 0.0186. The maximum absolute atomic E-state index is 12.7. The van der Waals surface area contributed by atoms with Gasteiger partial charge in [0.25, 0.3) is 11.5 Å². The Hall–Kier alpha value is -2.02. The van der Waals surface area contributed by atoms with Crippen LogP contribution in [0.1, 0.15) is 54.8 Å². The molecule has 6 nitrogen and oxygen atoms in total. The van der Waals surface area contributed by atoms with Gasteiger partial charge in [0.1, 0.15) is 5.69 Å². The van der Waals surface area contributed by atoms with E-state index in [0.29, 0.717) is 18.8 Å². The van der Waals surface area contributed by atoms with Crippen molar-refractivity contribution in [3.05, 3.63) is 44.3 Å². The predicted octanol–water partition coefficient (Wildman–Crippen LogP) is 2.61. The number of carbonyl (C=O) groups excluding carboxylic acids is 1. The van der Waals surface area contributed by atoms with E-state index in [1.165, 1.54) is 16.0 Å². The SMILES string of the molecule is Cc1nc(C(=O)N2CCCC2Cn2nc(C(C)(C)C)ccc2=O)cs1. The molecule has 1 atom stereocenters.